The van der Waals surface area contributed by atoms with Crippen molar-refractivity contribution in [2.24, 2.45) is 0 Å². The van der Waals surface area contributed by atoms with Crippen molar-refractivity contribution in [3.05, 3.63) is 58.1 Å². The standard InChI is InChI=1S/C16H16BrNO2/c1-3-20-13-6-4-5-12(10-13)18-16(19)14-9-11(2)7-8-15(14)17/h4-10H,3H2,1-2H3,(H,18,19). The van der Waals surface area contributed by atoms with Crippen molar-refractivity contribution >= 4 is 27.5 Å². The lowest BCUT2D eigenvalue weighted by Gasteiger charge is -2.09. The number of nitrogens with one attached hydrogen (secondary N) is 1. The Morgan fingerprint density at radius 3 is 2.80 bits per heavy atom. The van der Waals surface area contributed by atoms with Gasteiger partial charge in [-0.2, -0.15) is 0 Å². The number of benzene rings is 2. The molecule has 0 aromatic heterocycles. The molecule has 3 nitrogen and oxygen atoms in total. The van der Waals surface area contributed by atoms with E-state index in [1.54, 1.807) is 0 Å². The molecule has 2 rings (SSSR count). The topological polar surface area (TPSA) is 38.3 Å². The molecule has 0 saturated heterocycles. The molecule has 1 amide bonds. The van der Waals surface area contributed by atoms with Crippen molar-refractivity contribution in [2.75, 3.05) is 11.9 Å². The summed E-state index contributed by atoms with van der Waals surface area (Å²) in [6.45, 7) is 4.48. The van der Waals surface area contributed by atoms with E-state index in [4.69, 9.17) is 4.74 Å². The van der Waals surface area contributed by atoms with Crippen molar-refractivity contribution in [3.8, 4) is 5.75 Å². The highest BCUT2D eigenvalue weighted by Crippen LogP contribution is 2.21. The SMILES string of the molecule is CCOc1cccc(NC(=O)c2cc(C)ccc2Br)c1. The Bertz CT molecular complexity index is 626. The Labute approximate surface area is 127 Å². The van der Waals surface area contributed by atoms with E-state index in [-0.39, 0.29) is 5.91 Å². The quantitative estimate of drug-likeness (QED) is 0.899. The van der Waals surface area contributed by atoms with Crippen LogP contribution in [0.4, 0.5) is 5.69 Å². The van der Waals surface area contributed by atoms with E-state index >= 15 is 0 Å². The number of ether oxygens (including phenoxy) is 1. The van der Waals surface area contributed by atoms with Crippen LogP contribution in [0.5, 0.6) is 5.75 Å². The van der Waals surface area contributed by atoms with Gasteiger partial charge >= 0.3 is 0 Å². The Balaban J connectivity index is 2.19. The number of rotatable bonds is 4. The molecule has 0 spiro atoms. The molecular weight excluding hydrogens is 318 g/mol. The zero-order chi connectivity index (χ0) is 14.5. The minimum Gasteiger partial charge on any atom is -0.494 e. The number of carbonyl (C=O) groups is 1. The van der Waals surface area contributed by atoms with Crippen LogP contribution in [-0.2, 0) is 0 Å². The number of anilines is 1. The maximum absolute atomic E-state index is 12.3. The molecule has 1 N–H and O–H groups in total. The zero-order valence-electron chi connectivity index (χ0n) is 11.4. The summed E-state index contributed by atoms with van der Waals surface area (Å²) < 4.78 is 6.20. The number of amides is 1. The van der Waals surface area contributed by atoms with Crippen LogP contribution in [0.1, 0.15) is 22.8 Å². The van der Waals surface area contributed by atoms with Gasteiger partial charge in [0.05, 0.1) is 12.2 Å². The van der Waals surface area contributed by atoms with Crippen molar-refractivity contribution in [2.45, 2.75) is 13.8 Å². The number of carbonyl (C=O) groups excluding carboxylic acids is 1. The summed E-state index contributed by atoms with van der Waals surface area (Å²) in [5.74, 6) is 0.600. The minimum absolute atomic E-state index is 0.144. The first-order valence-corrected chi connectivity index (χ1v) is 7.20. The molecule has 0 atom stereocenters. The van der Waals surface area contributed by atoms with E-state index in [9.17, 15) is 4.79 Å². The van der Waals surface area contributed by atoms with Crippen LogP contribution in [-0.4, -0.2) is 12.5 Å². The average molecular weight is 334 g/mol. The fraction of sp³-hybridized carbons (Fsp3) is 0.188. The molecule has 0 radical (unpaired) electrons. The van der Waals surface area contributed by atoms with Crippen molar-refractivity contribution < 1.29 is 9.53 Å². The first-order valence-electron chi connectivity index (χ1n) is 6.40. The highest BCUT2D eigenvalue weighted by molar-refractivity contribution is 9.10. The van der Waals surface area contributed by atoms with Crippen LogP contribution >= 0.6 is 15.9 Å². The molecule has 0 bridgehead atoms. The second kappa shape index (κ2) is 6.57. The van der Waals surface area contributed by atoms with Crippen LogP contribution in [0.2, 0.25) is 0 Å². The molecule has 0 aliphatic carbocycles. The lowest BCUT2D eigenvalue weighted by atomic mass is 10.1. The third kappa shape index (κ3) is 3.61. The van der Waals surface area contributed by atoms with Crippen molar-refractivity contribution in [1.82, 2.24) is 0 Å². The summed E-state index contributed by atoms with van der Waals surface area (Å²) in [5, 5.41) is 2.88. The number of hydrogen-bond acceptors (Lipinski definition) is 2. The van der Waals surface area contributed by atoms with E-state index in [1.165, 1.54) is 0 Å². The molecule has 2 aromatic carbocycles. The average Bonchev–Trinajstić information content (AvgIpc) is 2.42. The second-order valence-corrected chi connectivity index (χ2v) is 5.25. The monoisotopic (exact) mass is 333 g/mol. The van der Waals surface area contributed by atoms with Gasteiger partial charge in [0.25, 0.3) is 5.91 Å². The largest absolute Gasteiger partial charge is 0.494 e. The summed E-state index contributed by atoms with van der Waals surface area (Å²) in [6.07, 6.45) is 0. The number of hydrogen-bond donors (Lipinski definition) is 1. The predicted octanol–water partition coefficient (Wildman–Crippen LogP) is 4.41. The highest BCUT2D eigenvalue weighted by Gasteiger charge is 2.10. The summed E-state index contributed by atoms with van der Waals surface area (Å²) in [7, 11) is 0. The second-order valence-electron chi connectivity index (χ2n) is 4.40. The highest BCUT2D eigenvalue weighted by atomic mass is 79.9. The zero-order valence-corrected chi connectivity index (χ0v) is 13.0. The Hall–Kier alpha value is -1.81. The van der Waals surface area contributed by atoms with Gasteiger partial charge in [-0.3, -0.25) is 4.79 Å². The van der Waals surface area contributed by atoms with Gasteiger partial charge in [0.2, 0.25) is 0 Å². The maximum Gasteiger partial charge on any atom is 0.256 e. The molecule has 4 heteroatoms. The van der Waals surface area contributed by atoms with Gasteiger partial charge in [-0.05, 0) is 54.0 Å². The maximum atomic E-state index is 12.3. The van der Waals surface area contributed by atoms with Gasteiger partial charge in [0.1, 0.15) is 5.75 Å². The van der Waals surface area contributed by atoms with Crippen molar-refractivity contribution in [3.63, 3.8) is 0 Å². The molecule has 0 unspecified atom stereocenters. The first-order chi connectivity index (χ1) is 9.60. The van der Waals surface area contributed by atoms with Crippen LogP contribution < -0.4 is 10.1 Å². The van der Waals surface area contributed by atoms with Crippen LogP contribution in [0, 0.1) is 6.92 Å². The summed E-state index contributed by atoms with van der Waals surface area (Å²) in [4.78, 5) is 12.3. The van der Waals surface area contributed by atoms with Crippen LogP contribution in [0.15, 0.2) is 46.9 Å². The number of halogens is 1. The molecule has 0 fully saturated rings. The van der Waals surface area contributed by atoms with E-state index in [0.717, 1.165) is 15.8 Å². The molecule has 20 heavy (non-hydrogen) atoms. The van der Waals surface area contributed by atoms with Gasteiger partial charge in [0, 0.05) is 16.2 Å². The normalized spacial score (nSPS) is 10.2. The van der Waals surface area contributed by atoms with Gasteiger partial charge < -0.3 is 10.1 Å². The lowest BCUT2D eigenvalue weighted by molar-refractivity contribution is 0.102. The van der Waals surface area contributed by atoms with Gasteiger partial charge in [0.15, 0.2) is 0 Å². The number of aryl methyl sites for hydroxylation is 1. The molecule has 104 valence electrons. The molecule has 2 aromatic rings. The fourth-order valence-electron chi connectivity index (χ4n) is 1.84. The summed E-state index contributed by atoms with van der Waals surface area (Å²) >= 11 is 3.40. The van der Waals surface area contributed by atoms with Gasteiger partial charge in [-0.25, -0.2) is 0 Å². The minimum atomic E-state index is -0.144. The molecule has 0 heterocycles. The van der Waals surface area contributed by atoms with E-state index < -0.39 is 0 Å². The van der Waals surface area contributed by atoms with Gasteiger partial charge in [-0.15, -0.1) is 0 Å². The van der Waals surface area contributed by atoms with Crippen LogP contribution in [0.25, 0.3) is 0 Å². The molecule has 0 aliphatic rings. The summed E-state index contributed by atoms with van der Waals surface area (Å²) in [5.41, 5.74) is 2.38. The van der Waals surface area contributed by atoms with E-state index in [1.807, 2.05) is 56.3 Å². The lowest BCUT2D eigenvalue weighted by Crippen LogP contribution is -2.12. The van der Waals surface area contributed by atoms with E-state index in [2.05, 4.69) is 21.2 Å². The molecular formula is C16H16BrNO2. The summed E-state index contributed by atoms with van der Waals surface area (Å²) in [6, 6.07) is 13.0. The Morgan fingerprint density at radius 2 is 2.05 bits per heavy atom. The smallest absolute Gasteiger partial charge is 0.256 e. The first kappa shape index (κ1) is 14.6. The van der Waals surface area contributed by atoms with Crippen molar-refractivity contribution in [1.29, 1.82) is 0 Å². The third-order valence-electron chi connectivity index (χ3n) is 2.77. The fourth-order valence-corrected chi connectivity index (χ4v) is 2.27. The Morgan fingerprint density at radius 1 is 1.25 bits per heavy atom. The van der Waals surface area contributed by atoms with Crippen LogP contribution in [0.3, 0.4) is 0 Å². The van der Waals surface area contributed by atoms with E-state index in [0.29, 0.717) is 17.9 Å². The molecule has 0 aliphatic heterocycles. The Kier molecular flexibility index (Phi) is 4.79. The third-order valence-corrected chi connectivity index (χ3v) is 3.46. The molecule has 0 saturated carbocycles. The predicted molar refractivity (Wildman–Crippen MR) is 84.4 cm³/mol. The van der Waals surface area contributed by atoms with Gasteiger partial charge in [-0.1, -0.05) is 17.7 Å².